The van der Waals surface area contributed by atoms with E-state index in [1.54, 1.807) is 36.5 Å². The number of aromatic nitrogens is 3. The number of aliphatic hydroxyl groups excluding tert-OH is 1. The van der Waals surface area contributed by atoms with Crippen molar-refractivity contribution in [1.29, 1.82) is 0 Å². The first-order chi connectivity index (χ1) is 65.4. The van der Waals surface area contributed by atoms with Crippen molar-refractivity contribution in [3.63, 3.8) is 0 Å². The molecule has 14 rings (SSSR count). The molecule has 23 nitrogen and oxygen atoms in total. The lowest BCUT2D eigenvalue weighted by molar-refractivity contribution is -0.170. The van der Waals surface area contributed by atoms with Crippen LogP contribution in [0, 0.1) is 0 Å². The SMILES string of the molecule is CC(C)(C)OC(=O)n1ncc2cc(C(C)(C)C)ccc21.CC(C)(C)c1ccc(N2CCCC2=O)cc1.CC(C)(C)c1ccc2c(c1)N(C(=O)C(F)(F)F)CCO2.CC(C)(C)c1ccc2c(c1)N(S(C)(=O)=O)CCO2.CC(C)(C)c1cccc(CO)c1.CC(C)(C)c1cccc(OCCN2CCCC2=O)c1.CC(C)(C)c1cccc(OCCN2CCOCC2)c1.CN(C(=O)C(F)(F)F)c1cccc(C(C)(C)C)n1. The summed E-state index contributed by atoms with van der Waals surface area (Å²) in [5.74, 6) is -0.476. The van der Waals surface area contributed by atoms with Gasteiger partial charge in [0, 0.05) is 74.8 Å². The van der Waals surface area contributed by atoms with Gasteiger partial charge in [-0.2, -0.15) is 36.1 Å². The molecule has 142 heavy (non-hydrogen) atoms. The Bertz CT molecular complexity index is 5770. The average molecular weight is 2000 g/mol. The van der Waals surface area contributed by atoms with E-state index in [1.165, 1.54) is 49.1 Å². The number of likely N-dealkylation sites (tertiary alicyclic amines) is 1. The summed E-state index contributed by atoms with van der Waals surface area (Å²) >= 11 is 0. The van der Waals surface area contributed by atoms with E-state index in [0.717, 1.165) is 122 Å². The molecule has 30 heteroatoms. The third kappa shape index (κ3) is 36.6. The van der Waals surface area contributed by atoms with Gasteiger partial charge in [-0.05, 0) is 201 Å². The minimum Gasteiger partial charge on any atom is -0.492 e. The summed E-state index contributed by atoms with van der Waals surface area (Å²) < 4.78 is 134. The van der Waals surface area contributed by atoms with E-state index in [2.05, 4.69) is 212 Å². The van der Waals surface area contributed by atoms with Gasteiger partial charge in [0.2, 0.25) is 21.8 Å². The summed E-state index contributed by atoms with van der Waals surface area (Å²) in [5.41, 5.74) is 12.2. The maximum atomic E-state index is 12.6. The maximum Gasteiger partial charge on any atom is 0.471 e. The Kier molecular flexibility index (Phi) is 40.7. The molecule has 2 aromatic heterocycles. The van der Waals surface area contributed by atoms with E-state index < -0.39 is 45.9 Å². The van der Waals surface area contributed by atoms with Gasteiger partial charge in [-0.3, -0.25) is 38.2 Å². The number of hydrogen-bond donors (Lipinski definition) is 1. The van der Waals surface area contributed by atoms with Crippen molar-refractivity contribution in [3.05, 3.63) is 226 Å². The van der Waals surface area contributed by atoms with Gasteiger partial charge in [0.25, 0.3) is 0 Å². The van der Waals surface area contributed by atoms with Gasteiger partial charge in [-0.15, -0.1) is 0 Å². The van der Waals surface area contributed by atoms with Crippen LogP contribution in [0.15, 0.2) is 176 Å². The second-order valence-electron chi connectivity index (χ2n) is 45.2. The van der Waals surface area contributed by atoms with Crippen molar-refractivity contribution in [2.45, 2.75) is 281 Å². The molecule has 7 heterocycles. The normalized spacial score (nSPS) is 15.0. The zero-order chi connectivity index (χ0) is 106. The van der Waals surface area contributed by atoms with E-state index in [9.17, 15) is 58.7 Å². The molecule has 0 aliphatic carbocycles. The zero-order valence-corrected chi connectivity index (χ0v) is 90.0. The van der Waals surface area contributed by atoms with E-state index >= 15 is 0 Å². The number of amides is 4. The van der Waals surface area contributed by atoms with Crippen molar-refractivity contribution in [2.24, 2.45) is 0 Å². The molecule has 0 bridgehead atoms. The number of carbonyl (C=O) groups excluding carboxylic acids is 5. The lowest BCUT2D eigenvalue weighted by Gasteiger charge is -2.31. The van der Waals surface area contributed by atoms with Crippen molar-refractivity contribution in [1.82, 2.24) is 24.6 Å². The minimum absolute atomic E-state index is 0.00949. The number of hydrogen-bond acceptors (Lipinski definition) is 17. The quantitative estimate of drug-likeness (QED) is 0.112. The number of pyridine rings is 1. The second kappa shape index (κ2) is 49.0. The summed E-state index contributed by atoms with van der Waals surface area (Å²) in [4.78, 5) is 69.2. The number of morpholine rings is 1. The lowest BCUT2D eigenvalue weighted by Crippen LogP contribution is -2.45. The molecule has 0 saturated carbocycles. The smallest absolute Gasteiger partial charge is 0.471 e. The highest BCUT2D eigenvalue weighted by Gasteiger charge is 2.46. The van der Waals surface area contributed by atoms with Crippen molar-refractivity contribution in [2.75, 3.05) is 124 Å². The Morgan fingerprint density at radius 1 is 0.465 bits per heavy atom. The van der Waals surface area contributed by atoms with Crippen LogP contribution in [-0.4, -0.2) is 191 Å². The average Bonchev–Trinajstić information content (AvgIpc) is 1.05. The molecule has 9 aromatic rings. The molecule has 0 atom stereocenters. The first-order valence-corrected chi connectivity index (χ1v) is 50.4. The number of anilines is 4. The molecular formula is C112H155F6N9O14S. The van der Waals surface area contributed by atoms with Gasteiger partial charge < -0.3 is 43.3 Å². The Balaban J connectivity index is 0.000000221. The predicted octanol–water partition coefficient (Wildman–Crippen LogP) is 23.7. The molecule has 5 aliphatic heterocycles. The van der Waals surface area contributed by atoms with Gasteiger partial charge in [0.15, 0.2) is 0 Å². The van der Waals surface area contributed by atoms with Crippen LogP contribution in [-0.2, 0) is 88.6 Å². The number of carbonyl (C=O) groups is 5. The Labute approximate surface area is 839 Å². The highest BCUT2D eigenvalue weighted by molar-refractivity contribution is 7.92. The van der Waals surface area contributed by atoms with Crippen LogP contribution in [0.5, 0.6) is 23.0 Å². The highest BCUT2D eigenvalue weighted by atomic mass is 32.2. The second-order valence-corrected chi connectivity index (χ2v) is 47.1. The fourth-order valence-corrected chi connectivity index (χ4v) is 15.9. The number of halogens is 6. The van der Waals surface area contributed by atoms with Crippen molar-refractivity contribution < 1.29 is 92.3 Å². The summed E-state index contributed by atoms with van der Waals surface area (Å²) in [6, 6.07) is 54.6. The largest absolute Gasteiger partial charge is 0.492 e. The summed E-state index contributed by atoms with van der Waals surface area (Å²) in [5, 5.41) is 14.0. The van der Waals surface area contributed by atoms with Gasteiger partial charge in [-0.25, -0.2) is 18.2 Å². The van der Waals surface area contributed by atoms with Gasteiger partial charge in [0.05, 0.1) is 68.8 Å². The molecule has 0 unspecified atom stereocenters. The van der Waals surface area contributed by atoms with E-state index in [4.69, 9.17) is 33.5 Å². The highest BCUT2D eigenvalue weighted by Crippen LogP contribution is 2.41. The molecule has 3 saturated heterocycles. The van der Waals surface area contributed by atoms with E-state index in [0.29, 0.717) is 66.9 Å². The maximum absolute atomic E-state index is 12.6. The summed E-state index contributed by atoms with van der Waals surface area (Å²) in [6.07, 6.45) is -3.93. The molecule has 7 aromatic carbocycles. The molecular weight excluding hydrogens is 1840 g/mol. The van der Waals surface area contributed by atoms with Crippen molar-refractivity contribution in [3.8, 4) is 23.0 Å². The molecule has 0 spiro atoms. The molecule has 3 fully saturated rings. The van der Waals surface area contributed by atoms with Gasteiger partial charge >= 0.3 is 30.3 Å². The Hall–Kier alpha value is -11.1. The molecule has 1 N–H and O–H groups in total. The third-order valence-electron chi connectivity index (χ3n) is 23.7. The van der Waals surface area contributed by atoms with Crippen LogP contribution in [0.2, 0.25) is 0 Å². The molecule has 4 amide bonds. The number of fused-ring (bicyclic) bond motifs is 3. The number of rotatable bonds is 12. The van der Waals surface area contributed by atoms with Gasteiger partial charge in [-0.1, -0.05) is 251 Å². The number of aliphatic hydroxyl groups is 1. The number of alkyl halides is 6. The van der Waals surface area contributed by atoms with Crippen LogP contribution >= 0.6 is 0 Å². The fourth-order valence-electron chi connectivity index (χ4n) is 15.0. The summed E-state index contributed by atoms with van der Waals surface area (Å²) in [6.45, 7) is 65.5. The standard InChI is InChI=1S/C16H22N2O2.C16H23NO2.C16H25NO2.C14H16F3NO2.C14H19NO.C13H19NO3S.C12H15F3N2O.C11H16O/c1-15(2,3)12-7-8-13-11(9-12)10-17-18(13)14(19)20-16(4,5)6;1-16(2,3)13-6-4-7-14(12-13)19-11-10-17-9-5-8-15(17)18;1-16(2,3)14-5-4-6-15(13-14)19-12-9-17-7-10-18-11-8-17;1-13(2,3)9-4-5-11-10(8-9)18(6-7-20-11)12(19)14(15,16)17;1-14(2,3)11-6-8-12(9-7-11)15-10-4-5-13(15)16;1-13(2,3)10-5-6-12-11(9-10)14(7-8-17-12)18(4,15)16;1-11(2,3)8-6-5-7-9(16-8)17(4)10(18)12(13,14)15;1-11(2,3)10-6-4-5-9(7-10)8-12/h7-10H,1-6H3;4,6-7,12H,5,8-11H2,1-3H3;4-6,13H,7-12H2,1-3H3;4-5,8H,6-7H2,1-3H3;6-9H,4-5,10H2,1-3H3;5-6,9H,7-8H2,1-4H3;5-7H,1-4H3;4-7,12H,8H2,1-3H3. The molecule has 0 radical (unpaired) electrons. The topological polar surface area (TPSA) is 245 Å². The van der Waals surface area contributed by atoms with Crippen molar-refractivity contribution >= 4 is 73.5 Å². The van der Waals surface area contributed by atoms with Crippen LogP contribution < -0.4 is 38.0 Å². The summed E-state index contributed by atoms with van der Waals surface area (Å²) in [7, 11) is -2.19. The number of ether oxygens (including phenoxy) is 6. The Morgan fingerprint density at radius 2 is 0.915 bits per heavy atom. The third-order valence-corrected chi connectivity index (χ3v) is 24.9. The monoisotopic (exact) mass is 2000 g/mol. The Morgan fingerprint density at radius 3 is 1.38 bits per heavy atom. The van der Waals surface area contributed by atoms with Crippen LogP contribution in [0.25, 0.3) is 10.9 Å². The minimum atomic E-state index is -4.89. The molecule has 5 aliphatic rings. The van der Waals surface area contributed by atoms with Crippen LogP contribution in [0.1, 0.15) is 263 Å². The first-order valence-electron chi connectivity index (χ1n) is 48.6. The van der Waals surface area contributed by atoms with E-state index in [1.807, 2.05) is 133 Å². The number of sulfonamides is 1. The van der Waals surface area contributed by atoms with Crippen LogP contribution in [0.4, 0.5) is 54.0 Å². The van der Waals surface area contributed by atoms with Gasteiger partial charge in [0.1, 0.15) is 60.8 Å². The zero-order valence-electron chi connectivity index (χ0n) is 89.1. The number of benzene rings is 7. The van der Waals surface area contributed by atoms with Crippen LogP contribution in [0.3, 0.4) is 0 Å². The predicted molar refractivity (Wildman–Crippen MR) is 556 cm³/mol. The lowest BCUT2D eigenvalue weighted by atomic mass is 9.86. The molecule has 780 valence electrons. The number of nitrogens with zero attached hydrogens (tertiary/aromatic N) is 9. The van der Waals surface area contributed by atoms with E-state index in [-0.39, 0.29) is 86.4 Å². The fraction of sp³-hybridized carbons (Fsp3) is 0.527. The first kappa shape index (κ1) is 118.